The Morgan fingerprint density at radius 3 is 2.41 bits per heavy atom. The highest BCUT2D eigenvalue weighted by molar-refractivity contribution is 5.94. The van der Waals surface area contributed by atoms with Crippen LogP contribution in [0.4, 0.5) is 0 Å². The largest absolute Gasteiger partial charge is 0.350 e. The maximum atomic E-state index is 12.8. The van der Waals surface area contributed by atoms with Gasteiger partial charge in [0.2, 0.25) is 0 Å². The molecule has 1 aliphatic heterocycles. The molecule has 2 heterocycles. The van der Waals surface area contributed by atoms with Gasteiger partial charge in [-0.05, 0) is 37.1 Å². The summed E-state index contributed by atoms with van der Waals surface area (Å²) in [6.07, 6.45) is 1.80. The average molecular weight is 362 g/mol. The maximum absolute atomic E-state index is 12.8. The molecule has 6 nitrogen and oxygen atoms in total. The van der Waals surface area contributed by atoms with Crippen molar-refractivity contribution in [2.75, 3.05) is 13.1 Å². The first-order valence-corrected chi connectivity index (χ1v) is 9.21. The van der Waals surface area contributed by atoms with E-state index in [1.165, 1.54) is 4.68 Å². The molecule has 0 aliphatic carbocycles. The number of aromatic nitrogens is 3. The lowest BCUT2D eigenvalue weighted by molar-refractivity contribution is 0.0704. The summed E-state index contributed by atoms with van der Waals surface area (Å²) in [4.78, 5) is 27.4. The van der Waals surface area contributed by atoms with Gasteiger partial charge < -0.3 is 4.90 Å². The number of carbonyl (C=O) groups excluding carboxylic acids is 1. The van der Waals surface area contributed by atoms with Crippen LogP contribution in [-0.2, 0) is 7.05 Å². The molecule has 1 atom stereocenters. The van der Waals surface area contributed by atoms with Crippen LogP contribution in [0.5, 0.6) is 0 Å². The molecule has 1 aromatic heterocycles. The summed E-state index contributed by atoms with van der Waals surface area (Å²) < 4.78 is 3.04. The van der Waals surface area contributed by atoms with E-state index in [4.69, 9.17) is 0 Å². The van der Waals surface area contributed by atoms with Crippen LogP contribution >= 0.6 is 0 Å². The number of piperidine rings is 1. The predicted octanol–water partition coefficient (Wildman–Crippen LogP) is 2.59. The molecule has 0 bridgehead atoms. The average Bonchev–Trinajstić information content (AvgIpc) is 3.03. The van der Waals surface area contributed by atoms with E-state index in [1.807, 2.05) is 65.6 Å². The van der Waals surface area contributed by atoms with E-state index in [1.54, 1.807) is 11.6 Å². The first kappa shape index (κ1) is 17.3. The van der Waals surface area contributed by atoms with Gasteiger partial charge in [0.15, 0.2) is 0 Å². The normalized spacial score (nSPS) is 17.1. The minimum Gasteiger partial charge on any atom is -0.338 e. The number of nitrogens with zero attached hydrogens (tertiary/aromatic N) is 4. The summed E-state index contributed by atoms with van der Waals surface area (Å²) in [5.41, 5.74) is 1.33. The van der Waals surface area contributed by atoms with Crippen LogP contribution in [0.2, 0.25) is 0 Å². The monoisotopic (exact) mass is 362 g/mol. The van der Waals surface area contributed by atoms with Crippen molar-refractivity contribution in [2.24, 2.45) is 7.05 Å². The highest BCUT2D eigenvalue weighted by Gasteiger charge is 2.30. The summed E-state index contributed by atoms with van der Waals surface area (Å²) in [5.74, 6) is 0.782. The van der Waals surface area contributed by atoms with Crippen molar-refractivity contribution in [1.82, 2.24) is 19.2 Å². The van der Waals surface area contributed by atoms with Crippen LogP contribution in [0.25, 0.3) is 5.69 Å². The van der Waals surface area contributed by atoms with Gasteiger partial charge in [-0.2, -0.15) is 5.10 Å². The number of likely N-dealkylation sites (tertiary alicyclic amines) is 1. The van der Waals surface area contributed by atoms with Crippen LogP contribution in [0, 0.1) is 0 Å². The lowest BCUT2D eigenvalue weighted by Gasteiger charge is -2.32. The van der Waals surface area contributed by atoms with Crippen molar-refractivity contribution in [3.8, 4) is 5.69 Å². The summed E-state index contributed by atoms with van der Waals surface area (Å²) in [5, 5.41) is 4.51. The zero-order valence-electron chi connectivity index (χ0n) is 15.3. The van der Waals surface area contributed by atoms with E-state index >= 15 is 0 Å². The molecule has 1 fully saturated rings. The fraction of sp³-hybridized carbons (Fsp3) is 0.286. The molecule has 2 aromatic carbocycles. The minimum absolute atomic E-state index is 0.0283. The highest BCUT2D eigenvalue weighted by Crippen LogP contribution is 2.27. The van der Waals surface area contributed by atoms with Crippen LogP contribution < -0.4 is 5.69 Å². The second-order valence-corrected chi connectivity index (χ2v) is 6.89. The smallest absolute Gasteiger partial charge is 0.338 e. The first-order valence-electron chi connectivity index (χ1n) is 9.21. The van der Waals surface area contributed by atoms with Gasteiger partial charge in [0.1, 0.15) is 5.82 Å². The third-order valence-electron chi connectivity index (χ3n) is 5.06. The maximum Gasteiger partial charge on any atom is 0.350 e. The summed E-state index contributed by atoms with van der Waals surface area (Å²) in [6.45, 7) is 1.30. The molecule has 1 aliphatic rings. The summed E-state index contributed by atoms with van der Waals surface area (Å²) >= 11 is 0. The van der Waals surface area contributed by atoms with Crippen molar-refractivity contribution < 1.29 is 4.79 Å². The van der Waals surface area contributed by atoms with Crippen LogP contribution in [0.3, 0.4) is 0 Å². The van der Waals surface area contributed by atoms with Crippen LogP contribution in [0.15, 0.2) is 65.5 Å². The van der Waals surface area contributed by atoms with Gasteiger partial charge in [0.25, 0.3) is 5.91 Å². The van der Waals surface area contributed by atoms with Crippen molar-refractivity contribution in [3.05, 3.63) is 82.5 Å². The van der Waals surface area contributed by atoms with Crippen molar-refractivity contribution in [2.45, 2.75) is 18.8 Å². The lowest BCUT2D eigenvalue weighted by Crippen LogP contribution is -2.40. The second-order valence-electron chi connectivity index (χ2n) is 6.89. The fourth-order valence-electron chi connectivity index (χ4n) is 3.70. The quantitative estimate of drug-likeness (QED) is 0.720. The van der Waals surface area contributed by atoms with E-state index in [0.29, 0.717) is 12.1 Å². The van der Waals surface area contributed by atoms with Gasteiger partial charge in [-0.1, -0.05) is 36.4 Å². The Balaban J connectivity index is 1.66. The number of carbonyl (C=O) groups is 1. The van der Waals surface area contributed by atoms with Gasteiger partial charge in [-0.3, -0.25) is 4.79 Å². The Morgan fingerprint density at radius 1 is 1.04 bits per heavy atom. The minimum atomic E-state index is -0.164. The third kappa shape index (κ3) is 3.30. The standard InChI is InChI=1S/C21H22N4O2/c1-23-21(27)25(18-12-6-3-7-13-18)19(22-23)17-11-8-14-24(15-17)20(26)16-9-4-2-5-10-16/h2-7,9-10,12-13,17H,8,11,14-15H2,1H3. The molecular weight excluding hydrogens is 340 g/mol. The van der Waals surface area contributed by atoms with Gasteiger partial charge in [0, 0.05) is 31.6 Å². The highest BCUT2D eigenvalue weighted by atomic mass is 16.2. The summed E-state index contributed by atoms with van der Waals surface area (Å²) in [7, 11) is 1.67. The van der Waals surface area contributed by atoms with E-state index in [2.05, 4.69) is 5.10 Å². The molecule has 1 saturated heterocycles. The molecule has 3 aromatic rings. The van der Waals surface area contributed by atoms with Gasteiger partial charge in [-0.25, -0.2) is 14.0 Å². The van der Waals surface area contributed by atoms with Crippen molar-refractivity contribution >= 4 is 5.91 Å². The molecular formula is C21H22N4O2. The second kappa shape index (κ2) is 7.23. The molecule has 0 saturated carbocycles. The number of benzene rings is 2. The van der Waals surface area contributed by atoms with Gasteiger partial charge >= 0.3 is 5.69 Å². The SMILES string of the molecule is Cn1nc(C2CCCN(C(=O)c3ccccc3)C2)n(-c2ccccc2)c1=O. The Kier molecular flexibility index (Phi) is 4.62. The first-order chi connectivity index (χ1) is 13.1. The topological polar surface area (TPSA) is 60.1 Å². The Morgan fingerprint density at radius 2 is 1.70 bits per heavy atom. The summed E-state index contributed by atoms with van der Waals surface area (Å²) in [6, 6.07) is 18.9. The number of rotatable bonds is 3. The Bertz CT molecular complexity index is 992. The number of hydrogen-bond acceptors (Lipinski definition) is 3. The predicted molar refractivity (Wildman–Crippen MR) is 103 cm³/mol. The fourth-order valence-corrected chi connectivity index (χ4v) is 3.70. The number of para-hydroxylation sites is 1. The number of aryl methyl sites for hydroxylation is 1. The number of hydrogen-bond donors (Lipinski definition) is 0. The molecule has 1 amide bonds. The van der Waals surface area contributed by atoms with Gasteiger partial charge in [-0.15, -0.1) is 0 Å². The molecule has 27 heavy (non-hydrogen) atoms. The molecule has 6 heteroatoms. The van der Waals surface area contributed by atoms with Crippen molar-refractivity contribution in [1.29, 1.82) is 0 Å². The van der Waals surface area contributed by atoms with E-state index < -0.39 is 0 Å². The number of amides is 1. The van der Waals surface area contributed by atoms with Crippen LogP contribution in [0.1, 0.15) is 34.9 Å². The van der Waals surface area contributed by atoms with Gasteiger partial charge in [0.05, 0.1) is 5.69 Å². The Hall–Kier alpha value is -3.15. The van der Waals surface area contributed by atoms with E-state index in [0.717, 1.165) is 30.9 Å². The molecule has 0 spiro atoms. The van der Waals surface area contributed by atoms with Crippen LogP contribution in [-0.4, -0.2) is 38.2 Å². The molecule has 1 unspecified atom stereocenters. The molecule has 0 radical (unpaired) electrons. The zero-order chi connectivity index (χ0) is 18.8. The molecule has 0 N–H and O–H groups in total. The Labute approximate surface area is 157 Å². The zero-order valence-corrected chi connectivity index (χ0v) is 15.3. The van der Waals surface area contributed by atoms with Crippen molar-refractivity contribution in [3.63, 3.8) is 0 Å². The third-order valence-corrected chi connectivity index (χ3v) is 5.06. The molecule has 4 rings (SSSR count). The molecule has 138 valence electrons. The lowest BCUT2D eigenvalue weighted by atomic mass is 9.96. The van der Waals surface area contributed by atoms with E-state index in [-0.39, 0.29) is 17.5 Å². The van der Waals surface area contributed by atoms with E-state index in [9.17, 15) is 9.59 Å².